The second kappa shape index (κ2) is 8.87. The molecule has 1 heterocycles. The van der Waals surface area contributed by atoms with Gasteiger partial charge in [0.2, 0.25) is 0 Å². The number of dihydropyridines is 1. The molecule has 1 aromatic rings. The van der Waals surface area contributed by atoms with Crippen molar-refractivity contribution in [3.05, 3.63) is 52.1 Å². The van der Waals surface area contributed by atoms with E-state index in [1.54, 1.807) is 6.08 Å². The van der Waals surface area contributed by atoms with Gasteiger partial charge in [-0.15, -0.1) is 0 Å². The lowest BCUT2D eigenvalue weighted by molar-refractivity contribution is -0.131. The van der Waals surface area contributed by atoms with Crippen molar-refractivity contribution in [2.45, 2.75) is 71.4 Å². The van der Waals surface area contributed by atoms with Crippen LogP contribution in [0.25, 0.3) is 6.08 Å². The maximum absolute atomic E-state index is 10.8. The van der Waals surface area contributed by atoms with E-state index in [9.17, 15) is 9.90 Å². The highest BCUT2D eigenvalue weighted by molar-refractivity contribution is 5.98. The van der Waals surface area contributed by atoms with Crippen molar-refractivity contribution in [2.24, 2.45) is 10.9 Å². The molecule has 1 aliphatic carbocycles. The Morgan fingerprint density at radius 1 is 1.18 bits per heavy atom. The average molecular weight is 382 g/mol. The van der Waals surface area contributed by atoms with Crippen LogP contribution in [0.2, 0.25) is 0 Å². The summed E-state index contributed by atoms with van der Waals surface area (Å²) >= 11 is 0. The summed E-state index contributed by atoms with van der Waals surface area (Å²) in [5.74, 6) is -0.455. The van der Waals surface area contributed by atoms with Crippen LogP contribution >= 0.6 is 0 Å². The Labute approximate surface area is 167 Å². The van der Waals surface area contributed by atoms with Crippen LogP contribution in [0.1, 0.15) is 59.9 Å². The number of nitrogens with zero attached hydrogens (tertiary/aromatic N) is 1. The summed E-state index contributed by atoms with van der Waals surface area (Å²) in [4.78, 5) is 15.8. The summed E-state index contributed by atoms with van der Waals surface area (Å²) in [6, 6.07) is 2.04. The number of carboxylic acids is 1. The lowest BCUT2D eigenvalue weighted by Crippen LogP contribution is -2.35. The molecule has 150 valence electrons. The second-order valence-electron chi connectivity index (χ2n) is 8.22. The van der Waals surface area contributed by atoms with Gasteiger partial charge < -0.3 is 10.2 Å². The number of rotatable bonds is 5. The van der Waals surface area contributed by atoms with Gasteiger partial charge in [-0.25, -0.2) is 4.79 Å². The monoisotopic (exact) mass is 381 g/mol. The molecule has 2 atom stereocenters. The van der Waals surface area contributed by atoms with Crippen molar-refractivity contribution in [3.8, 4) is 0 Å². The first-order valence-corrected chi connectivity index (χ1v) is 10.3. The third-order valence-electron chi connectivity index (χ3n) is 6.34. The minimum Gasteiger partial charge on any atom is -0.478 e. The molecule has 2 aliphatic rings. The lowest BCUT2D eigenvalue weighted by atomic mass is 9.81. The van der Waals surface area contributed by atoms with Crippen LogP contribution in [-0.2, 0) is 11.2 Å². The Balaban J connectivity index is 1.85. The zero-order chi connectivity index (χ0) is 20.3. The molecule has 4 heteroatoms. The zero-order valence-electron chi connectivity index (χ0n) is 17.1. The lowest BCUT2D eigenvalue weighted by Gasteiger charge is -2.32. The average Bonchev–Trinajstić information content (AvgIpc) is 2.68. The molecule has 28 heavy (non-hydrogen) atoms. The Kier molecular flexibility index (Phi) is 6.50. The van der Waals surface area contributed by atoms with Gasteiger partial charge in [0, 0.05) is 18.2 Å². The van der Waals surface area contributed by atoms with Crippen molar-refractivity contribution in [1.29, 1.82) is 0 Å². The van der Waals surface area contributed by atoms with Crippen molar-refractivity contribution < 1.29 is 15.0 Å². The Bertz CT molecular complexity index is 829. The standard InChI is InChI=1S/C24H31NO3/c1-15-13-19(9-12-23(27)28)16(2)17(3)21(15)14-20-10-11-22(26)24(25-20)18-7-5-4-6-8-18/h9-13,18,22,24,26H,4-8,14H2,1-3H3,(H,27,28)/b12-9+. The maximum atomic E-state index is 10.8. The molecule has 2 unspecified atom stereocenters. The van der Waals surface area contributed by atoms with Crippen molar-refractivity contribution in [2.75, 3.05) is 0 Å². The maximum Gasteiger partial charge on any atom is 0.328 e. The highest BCUT2D eigenvalue weighted by atomic mass is 16.4. The van der Waals surface area contributed by atoms with Crippen molar-refractivity contribution in [1.82, 2.24) is 0 Å². The summed E-state index contributed by atoms with van der Waals surface area (Å²) in [5.41, 5.74) is 6.64. The van der Waals surface area contributed by atoms with E-state index in [2.05, 4.69) is 19.9 Å². The van der Waals surface area contributed by atoms with E-state index in [4.69, 9.17) is 10.1 Å². The van der Waals surface area contributed by atoms with E-state index in [-0.39, 0.29) is 6.04 Å². The SMILES string of the molecule is Cc1cc(/C=C/C(=O)O)c(C)c(C)c1CC1=NC(C2CCCCC2)C(O)C=C1. The summed E-state index contributed by atoms with van der Waals surface area (Å²) in [6.45, 7) is 6.20. The van der Waals surface area contributed by atoms with E-state index >= 15 is 0 Å². The number of hydrogen-bond donors (Lipinski definition) is 2. The molecule has 0 saturated heterocycles. The Morgan fingerprint density at radius 3 is 2.57 bits per heavy atom. The molecule has 4 nitrogen and oxygen atoms in total. The van der Waals surface area contributed by atoms with Gasteiger partial charge in [0.25, 0.3) is 0 Å². The first-order chi connectivity index (χ1) is 13.4. The summed E-state index contributed by atoms with van der Waals surface area (Å²) in [5, 5.41) is 19.3. The number of aliphatic hydroxyl groups is 1. The number of aliphatic imine (C=N–C) groups is 1. The molecule has 1 fully saturated rings. The molecule has 0 radical (unpaired) electrons. The topological polar surface area (TPSA) is 69.9 Å². The molecule has 1 aromatic carbocycles. The summed E-state index contributed by atoms with van der Waals surface area (Å²) in [6.07, 6.45) is 13.1. The minimum atomic E-state index is -0.937. The Morgan fingerprint density at radius 2 is 1.89 bits per heavy atom. The molecular formula is C24H31NO3. The fraction of sp³-hybridized carbons (Fsp3) is 0.500. The van der Waals surface area contributed by atoms with E-state index in [1.807, 2.05) is 19.1 Å². The highest BCUT2D eigenvalue weighted by Gasteiger charge is 2.30. The summed E-state index contributed by atoms with van der Waals surface area (Å²) in [7, 11) is 0. The predicted molar refractivity (Wildman–Crippen MR) is 114 cm³/mol. The normalized spacial score (nSPS) is 23.2. The minimum absolute atomic E-state index is 0.0141. The number of aryl methyl sites for hydroxylation is 1. The third-order valence-corrected chi connectivity index (χ3v) is 6.34. The molecule has 0 aromatic heterocycles. The van der Waals surface area contributed by atoms with Crippen LogP contribution in [0, 0.1) is 26.7 Å². The molecule has 0 amide bonds. The van der Waals surface area contributed by atoms with Gasteiger partial charge in [-0.05, 0) is 79.5 Å². The molecule has 3 rings (SSSR count). The van der Waals surface area contributed by atoms with E-state index < -0.39 is 12.1 Å². The Hall–Kier alpha value is -2.20. The van der Waals surface area contributed by atoms with Crippen LogP contribution < -0.4 is 0 Å². The van der Waals surface area contributed by atoms with Gasteiger partial charge in [-0.1, -0.05) is 31.4 Å². The van der Waals surface area contributed by atoms with E-state index in [1.165, 1.54) is 36.5 Å². The second-order valence-corrected chi connectivity index (χ2v) is 8.22. The van der Waals surface area contributed by atoms with Crippen LogP contribution in [0.15, 0.2) is 29.3 Å². The van der Waals surface area contributed by atoms with E-state index in [0.29, 0.717) is 5.92 Å². The van der Waals surface area contributed by atoms with Gasteiger partial charge in [0.1, 0.15) is 0 Å². The zero-order valence-corrected chi connectivity index (χ0v) is 17.1. The number of aliphatic carboxylic acids is 1. The number of carbonyl (C=O) groups is 1. The smallest absolute Gasteiger partial charge is 0.328 e. The van der Waals surface area contributed by atoms with Crippen LogP contribution in [0.5, 0.6) is 0 Å². The molecule has 1 saturated carbocycles. The van der Waals surface area contributed by atoms with Gasteiger partial charge >= 0.3 is 5.97 Å². The fourth-order valence-electron chi connectivity index (χ4n) is 4.55. The van der Waals surface area contributed by atoms with Crippen molar-refractivity contribution in [3.63, 3.8) is 0 Å². The number of hydrogen-bond acceptors (Lipinski definition) is 3. The number of benzene rings is 1. The molecular weight excluding hydrogens is 350 g/mol. The molecule has 1 aliphatic heterocycles. The number of carboxylic acid groups (broad SMARTS) is 1. The third kappa shape index (κ3) is 4.61. The van der Waals surface area contributed by atoms with Gasteiger partial charge in [0.15, 0.2) is 0 Å². The highest BCUT2D eigenvalue weighted by Crippen LogP contribution is 2.32. The van der Waals surface area contributed by atoms with Gasteiger partial charge in [-0.2, -0.15) is 0 Å². The largest absolute Gasteiger partial charge is 0.478 e. The van der Waals surface area contributed by atoms with Crippen LogP contribution in [0.3, 0.4) is 0 Å². The van der Waals surface area contributed by atoms with Gasteiger partial charge in [-0.3, -0.25) is 4.99 Å². The van der Waals surface area contributed by atoms with Crippen molar-refractivity contribution >= 4 is 17.8 Å². The predicted octanol–water partition coefficient (Wildman–Crippen LogP) is 4.57. The van der Waals surface area contributed by atoms with Crippen LogP contribution in [-0.4, -0.2) is 34.0 Å². The number of aliphatic hydroxyl groups excluding tert-OH is 1. The molecule has 0 bridgehead atoms. The summed E-state index contributed by atoms with van der Waals surface area (Å²) < 4.78 is 0. The van der Waals surface area contributed by atoms with E-state index in [0.717, 1.165) is 41.7 Å². The number of allylic oxidation sites excluding steroid dienone is 1. The quantitative estimate of drug-likeness (QED) is 0.734. The molecule has 2 N–H and O–H groups in total. The first kappa shape index (κ1) is 20.5. The fourth-order valence-corrected chi connectivity index (χ4v) is 4.55. The molecule has 0 spiro atoms. The van der Waals surface area contributed by atoms with Gasteiger partial charge in [0.05, 0.1) is 12.1 Å². The van der Waals surface area contributed by atoms with Crippen LogP contribution in [0.4, 0.5) is 0 Å². The first-order valence-electron chi connectivity index (χ1n) is 10.3.